The molecular formula is C7H16BF4N7. The highest BCUT2D eigenvalue weighted by Crippen LogP contribution is 2.14. The van der Waals surface area contributed by atoms with Gasteiger partial charge in [0.05, 0.1) is 21.1 Å². The third-order valence-electron chi connectivity index (χ3n) is 1.91. The molecule has 1 aromatic heterocycles. The molecule has 0 aromatic carbocycles. The van der Waals surface area contributed by atoms with Gasteiger partial charge in [0.25, 0.3) is 5.82 Å². The van der Waals surface area contributed by atoms with Crippen molar-refractivity contribution in [2.75, 3.05) is 7.05 Å². The van der Waals surface area contributed by atoms with Crippen LogP contribution in [0.3, 0.4) is 0 Å². The van der Waals surface area contributed by atoms with Crippen LogP contribution in [0, 0.1) is 0 Å². The van der Waals surface area contributed by atoms with Crippen molar-refractivity contribution in [1.82, 2.24) is 20.5 Å². The van der Waals surface area contributed by atoms with Gasteiger partial charge in [0.15, 0.2) is 5.21 Å². The van der Waals surface area contributed by atoms with Crippen molar-refractivity contribution >= 4 is 7.25 Å². The lowest BCUT2D eigenvalue weighted by Crippen LogP contribution is -2.47. The van der Waals surface area contributed by atoms with E-state index < -0.39 is 7.25 Å². The molecule has 1 N–H and O–H groups in total. The van der Waals surface area contributed by atoms with E-state index >= 15 is 0 Å². The summed E-state index contributed by atoms with van der Waals surface area (Å²) in [6.07, 6.45) is 0. The molecule has 7 nitrogen and oxygen atoms in total. The Morgan fingerprint density at radius 2 is 1.79 bits per heavy atom. The zero-order chi connectivity index (χ0) is 15.3. The number of halogens is 4. The molecule has 0 unspecified atom stereocenters. The van der Waals surface area contributed by atoms with Gasteiger partial charge in [0.2, 0.25) is 0 Å². The molecule has 0 fully saturated rings. The lowest BCUT2D eigenvalue weighted by Gasteiger charge is -2.18. The van der Waals surface area contributed by atoms with Crippen LogP contribution in [-0.2, 0) is 19.6 Å². The molecule has 0 spiro atoms. The molecule has 0 radical (unpaired) electrons. The molecule has 0 aliphatic rings. The highest BCUT2D eigenvalue weighted by atomic mass is 19.5. The SMILES string of the molecule is CN=NNC(C)(C)c1n(C)nn[n+]1C.F[B-](F)(F)F. The molecule has 1 aromatic rings. The Morgan fingerprint density at radius 1 is 1.32 bits per heavy atom. The van der Waals surface area contributed by atoms with Gasteiger partial charge in [0, 0.05) is 0 Å². The van der Waals surface area contributed by atoms with Gasteiger partial charge >= 0.3 is 7.25 Å². The summed E-state index contributed by atoms with van der Waals surface area (Å²) in [7, 11) is -0.700. The van der Waals surface area contributed by atoms with Crippen LogP contribution < -0.4 is 10.1 Å². The van der Waals surface area contributed by atoms with E-state index in [-0.39, 0.29) is 5.54 Å². The average molecular weight is 285 g/mol. The number of nitrogens with zero attached hydrogens (tertiary/aromatic N) is 6. The smallest absolute Gasteiger partial charge is 0.418 e. The van der Waals surface area contributed by atoms with Crippen molar-refractivity contribution in [2.24, 2.45) is 24.4 Å². The molecule has 0 bridgehead atoms. The van der Waals surface area contributed by atoms with Gasteiger partial charge < -0.3 is 17.3 Å². The molecule has 110 valence electrons. The van der Waals surface area contributed by atoms with E-state index in [1.54, 1.807) is 16.4 Å². The predicted octanol–water partition coefficient (Wildman–Crippen LogP) is 0.761. The monoisotopic (exact) mass is 285 g/mol. The fourth-order valence-electron chi connectivity index (χ4n) is 1.45. The van der Waals surface area contributed by atoms with Gasteiger partial charge in [-0.2, -0.15) is 5.11 Å². The molecule has 12 heteroatoms. The Bertz CT molecular complexity index is 402. The van der Waals surface area contributed by atoms with Gasteiger partial charge in [-0.15, -0.1) is 4.68 Å². The normalized spacial score (nSPS) is 12.3. The van der Waals surface area contributed by atoms with Gasteiger partial charge in [0.1, 0.15) is 10.8 Å². The van der Waals surface area contributed by atoms with Crippen molar-refractivity contribution in [1.29, 1.82) is 0 Å². The van der Waals surface area contributed by atoms with Crippen LogP contribution in [-0.4, -0.2) is 29.4 Å². The minimum Gasteiger partial charge on any atom is -0.418 e. The first-order valence-electron chi connectivity index (χ1n) is 5.19. The lowest BCUT2D eigenvalue weighted by atomic mass is 10.1. The maximum atomic E-state index is 9.75. The second-order valence-corrected chi connectivity index (χ2v) is 4.08. The van der Waals surface area contributed by atoms with Crippen molar-refractivity contribution in [3.63, 3.8) is 0 Å². The zero-order valence-electron chi connectivity index (χ0n) is 11.3. The highest BCUT2D eigenvalue weighted by Gasteiger charge is 2.33. The Labute approximate surface area is 107 Å². The molecule has 0 aliphatic heterocycles. The van der Waals surface area contributed by atoms with Crippen LogP contribution in [0.2, 0.25) is 0 Å². The molecule has 0 amide bonds. The highest BCUT2D eigenvalue weighted by molar-refractivity contribution is 6.50. The number of tetrazole rings is 1. The summed E-state index contributed by atoms with van der Waals surface area (Å²) < 4.78 is 42.4. The largest absolute Gasteiger partial charge is 0.673 e. The fraction of sp³-hybridized carbons (Fsp3) is 0.857. The van der Waals surface area contributed by atoms with Crippen LogP contribution in [0.15, 0.2) is 10.3 Å². The number of hydrogen-bond donors (Lipinski definition) is 1. The van der Waals surface area contributed by atoms with E-state index in [0.717, 1.165) is 5.82 Å². The minimum atomic E-state index is -6.00. The molecule has 1 rings (SSSR count). The molecule has 0 saturated carbocycles. The average Bonchev–Trinajstić information content (AvgIpc) is 2.53. The van der Waals surface area contributed by atoms with Crippen molar-refractivity contribution in [2.45, 2.75) is 19.4 Å². The first kappa shape index (κ1) is 17.3. The Kier molecular flexibility index (Phi) is 5.84. The maximum absolute atomic E-state index is 9.75. The van der Waals surface area contributed by atoms with Gasteiger partial charge in [-0.1, -0.05) is 9.91 Å². The summed E-state index contributed by atoms with van der Waals surface area (Å²) in [6.45, 7) is 3.97. The Balaban J connectivity index is 0.000000555. The number of aromatic nitrogens is 4. The molecule has 0 aliphatic carbocycles. The van der Waals surface area contributed by atoms with Crippen LogP contribution in [0.1, 0.15) is 19.7 Å². The van der Waals surface area contributed by atoms with Gasteiger partial charge in [-0.25, -0.2) is 0 Å². The Morgan fingerprint density at radius 3 is 2.11 bits per heavy atom. The third-order valence-corrected chi connectivity index (χ3v) is 1.91. The van der Waals surface area contributed by atoms with E-state index in [2.05, 4.69) is 26.2 Å². The quantitative estimate of drug-likeness (QED) is 0.293. The molecule has 1 heterocycles. The van der Waals surface area contributed by atoms with Crippen LogP contribution in [0.4, 0.5) is 17.3 Å². The summed E-state index contributed by atoms with van der Waals surface area (Å²) in [5.74, 6) is 0.921. The van der Waals surface area contributed by atoms with Gasteiger partial charge in [-0.05, 0) is 13.8 Å². The van der Waals surface area contributed by atoms with E-state index in [1.165, 1.54) is 0 Å². The topological polar surface area (TPSA) is 71.3 Å². The molecule has 0 atom stereocenters. The van der Waals surface area contributed by atoms with Crippen molar-refractivity contribution in [3.8, 4) is 0 Å². The van der Waals surface area contributed by atoms with Gasteiger partial charge in [-0.3, -0.25) is 5.43 Å². The van der Waals surface area contributed by atoms with Crippen LogP contribution in [0.25, 0.3) is 0 Å². The van der Waals surface area contributed by atoms with Crippen LogP contribution >= 0.6 is 0 Å². The number of rotatable bonds is 3. The Hall–Kier alpha value is -1.75. The van der Waals surface area contributed by atoms with Crippen molar-refractivity contribution < 1.29 is 21.9 Å². The molecule has 0 saturated heterocycles. The summed E-state index contributed by atoms with van der Waals surface area (Å²) in [5, 5.41) is 15.2. The zero-order valence-corrected chi connectivity index (χ0v) is 11.3. The first-order chi connectivity index (χ1) is 8.49. The number of hydrogen-bond acceptors (Lipinski definition) is 4. The summed E-state index contributed by atoms with van der Waals surface area (Å²) in [5.41, 5.74) is 2.57. The van der Waals surface area contributed by atoms with Crippen molar-refractivity contribution in [3.05, 3.63) is 5.82 Å². The second kappa shape index (κ2) is 6.43. The standard InChI is InChI=1S/C7H16N7.BF4/c1-7(2,9-10-8-3)6-13(4)11-12-14(6)5;2-1(3,4)5/h1-5H3,(H,8,9);/q+1;-1. The summed E-state index contributed by atoms with van der Waals surface area (Å²) in [6, 6.07) is 0. The molecular weight excluding hydrogens is 269 g/mol. The van der Waals surface area contributed by atoms with E-state index in [9.17, 15) is 17.3 Å². The van der Waals surface area contributed by atoms with E-state index in [0.29, 0.717) is 0 Å². The third kappa shape index (κ3) is 6.67. The van der Waals surface area contributed by atoms with E-state index in [4.69, 9.17) is 0 Å². The van der Waals surface area contributed by atoms with Crippen LogP contribution in [0.5, 0.6) is 0 Å². The first-order valence-corrected chi connectivity index (χ1v) is 5.19. The lowest BCUT2D eigenvalue weighted by molar-refractivity contribution is -0.742. The number of aryl methyl sites for hydroxylation is 2. The minimum absolute atomic E-state index is 0.355. The second-order valence-electron chi connectivity index (χ2n) is 4.08. The summed E-state index contributed by atoms with van der Waals surface area (Å²) in [4.78, 5) is 0. The number of nitrogens with one attached hydrogen (secondary N) is 1. The predicted molar refractivity (Wildman–Crippen MR) is 59.3 cm³/mol. The fourth-order valence-corrected chi connectivity index (χ4v) is 1.45. The maximum Gasteiger partial charge on any atom is 0.673 e. The molecule has 19 heavy (non-hydrogen) atoms. The summed E-state index contributed by atoms with van der Waals surface area (Å²) >= 11 is 0. The van der Waals surface area contributed by atoms with E-state index in [1.807, 2.05) is 27.9 Å².